The van der Waals surface area contributed by atoms with E-state index in [0.717, 1.165) is 5.69 Å². The number of aromatic nitrogens is 2. The number of benzene rings is 1. The van der Waals surface area contributed by atoms with Crippen LogP contribution in [0, 0.1) is 12.7 Å². The highest BCUT2D eigenvalue weighted by molar-refractivity contribution is 5.61. The molecule has 18 heavy (non-hydrogen) atoms. The summed E-state index contributed by atoms with van der Waals surface area (Å²) in [4.78, 5) is 10.1. The van der Waals surface area contributed by atoms with Crippen molar-refractivity contribution in [3.63, 3.8) is 0 Å². The first kappa shape index (κ1) is 12.4. The summed E-state index contributed by atoms with van der Waals surface area (Å²) >= 11 is 0. The van der Waals surface area contributed by atoms with E-state index in [-0.39, 0.29) is 12.4 Å². The van der Waals surface area contributed by atoms with E-state index < -0.39 is 0 Å². The Morgan fingerprint density at radius 3 is 2.56 bits per heavy atom. The molecule has 2 rings (SSSR count). The van der Waals surface area contributed by atoms with Gasteiger partial charge < -0.3 is 10.0 Å². The van der Waals surface area contributed by atoms with E-state index in [0.29, 0.717) is 17.2 Å². The molecule has 0 aliphatic rings. The van der Waals surface area contributed by atoms with Crippen molar-refractivity contribution in [2.24, 2.45) is 0 Å². The van der Waals surface area contributed by atoms with Crippen LogP contribution in [0.25, 0.3) is 0 Å². The van der Waals surface area contributed by atoms with Gasteiger partial charge in [0.25, 0.3) is 0 Å². The molecule has 0 spiro atoms. The number of rotatable bonds is 3. The SMILES string of the molecule is Cc1ncc(CO)c(N(C)c2ccc(F)cc2)n1. The van der Waals surface area contributed by atoms with Gasteiger partial charge in [0.2, 0.25) is 0 Å². The van der Waals surface area contributed by atoms with Crippen LogP contribution >= 0.6 is 0 Å². The third kappa shape index (κ3) is 2.46. The Balaban J connectivity index is 2.41. The van der Waals surface area contributed by atoms with Crippen molar-refractivity contribution in [1.29, 1.82) is 0 Å². The highest BCUT2D eigenvalue weighted by atomic mass is 19.1. The molecule has 0 saturated heterocycles. The minimum atomic E-state index is -0.284. The van der Waals surface area contributed by atoms with Crippen molar-refractivity contribution < 1.29 is 9.50 Å². The topological polar surface area (TPSA) is 49.3 Å². The van der Waals surface area contributed by atoms with Crippen LogP contribution in [0.4, 0.5) is 15.9 Å². The monoisotopic (exact) mass is 247 g/mol. The lowest BCUT2D eigenvalue weighted by molar-refractivity contribution is 0.281. The third-order valence-corrected chi connectivity index (χ3v) is 2.66. The van der Waals surface area contributed by atoms with Crippen molar-refractivity contribution in [1.82, 2.24) is 9.97 Å². The van der Waals surface area contributed by atoms with Crippen LogP contribution < -0.4 is 4.90 Å². The minimum Gasteiger partial charge on any atom is -0.391 e. The van der Waals surface area contributed by atoms with Crippen LogP contribution in [0.2, 0.25) is 0 Å². The number of anilines is 2. The number of aryl methyl sites for hydroxylation is 1. The van der Waals surface area contributed by atoms with Gasteiger partial charge in [0.1, 0.15) is 17.5 Å². The molecule has 0 radical (unpaired) electrons. The summed E-state index contributed by atoms with van der Waals surface area (Å²) in [5.41, 5.74) is 1.43. The minimum absolute atomic E-state index is 0.138. The maximum Gasteiger partial charge on any atom is 0.141 e. The van der Waals surface area contributed by atoms with Gasteiger partial charge in [-0.15, -0.1) is 0 Å². The lowest BCUT2D eigenvalue weighted by Crippen LogP contribution is -2.15. The summed E-state index contributed by atoms with van der Waals surface area (Å²) in [7, 11) is 1.81. The molecular formula is C13H14FN3O. The number of aliphatic hydroxyl groups excluding tert-OH is 1. The van der Waals surface area contributed by atoms with Gasteiger partial charge >= 0.3 is 0 Å². The van der Waals surface area contributed by atoms with Crippen molar-refractivity contribution >= 4 is 11.5 Å². The van der Waals surface area contributed by atoms with E-state index in [1.165, 1.54) is 12.1 Å². The van der Waals surface area contributed by atoms with E-state index >= 15 is 0 Å². The Labute approximate surface area is 105 Å². The number of hydrogen-bond acceptors (Lipinski definition) is 4. The van der Waals surface area contributed by atoms with Crippen molar-refractivity contribution in [2.75, 3.05) is 11.9 Å². The van der Waals surface area contributed by atoms with Crippen LogP contribution in [0.5, 0.6) is 0 Å². The Bertz CT molecular complexity index is 542. The Morgan fingerprint density at radius 2 is 1.94 bits per heavy atom. The molecule has 0 unspecified atom stereocenters. The number of hydrogen-bond donors (Lipinski definition) is 1. The Kier molecular flexibility index (Phi) is 3.53. The molecule has 0 saturated carbocycles. The van der Waals surface area contributed by atoms with Gasteiger partial charge in [-0.05, 0) is 31.2 Å². The molecule has 1 N–H and O–H groups in total. The molecular weight excluding hydrogens is 233 g/mol. The summed E-state index contributed by atoms with van der Waals surface area (Å²) < 4.78 is 12.9. The second-order valence-electron chi connectivity index (χ2n) is 3.96. The lowest BCUT2D eigenvalue weighted by Gasteiger charge is -2.20. The van der Waals surface area contributed by atoms with E-state index in [9.17, 15) is 9.50 Å². The molecule has 5 heteroatoms. The fourth-order valence-electron chi connectivity index (χ4n) is 1.67. The first-order chi connectivity index (χ1) is 8.61. The predicted octanol–water partition coefficient (Wildman–Crippen LogP) is 2.18. The smallest absolute Gasteiger partial charge is 0.141 e. The van der Waals surface area contributed by atoms with Crippen LogP contribution in [0.1, 0.15) is 11.4 Å². The molecule has 0 bridgehead atoms. The average Bonchev–Trinajstić information content (AvgIpc) is 2.39. The first-order valence-electron chi connectivity index (χ1n) is 5.54. The summed E-state index contributed by atoms with van der Waals surface area (Å²) in [5.74, 6) is 0.959. The highest BCUT2D eigenvalue weighted by Gasteiger charge is 2.11. The molecule has 0 aliphatic carbocycles. The molecule has 1 heterocycles. The Morgan fingerprint density at radius 1 is 1.28 bits per heavy atom. The van der Waals surface area contributed by atoms with Crippen LogP contribution in [0.15, 0.2) is 30.5 Å². The van der Waals surface area contributed by atoms with Gasteiger partial charge in [-0.25, -0.2) is 14.4 Å². The van der Waals surface area contributed by atoms with Crippen LogP contribution in [0.3, 0.4) is 0 Å². The zero-order valence-corrected chi connectivity index (χ0v) is 10.3. The maximum absolute atomic E-state index is 12.9. The quantitative estimate of drug-likeness (QED) is 0.903. The standard InChI is InChI=1S/C13H14FN3O/c1-9-15-7-10(8-18)13(16-9)17(2)12-5-3-11(14)4-6-12/h3-7,18H,8H2,1-2H3. The molecule has 94 valence electrons. The molecule has 0 atom stereocenters. The zero-order chi connectivity index (χ0) is 13.1. The molecule has 1 aromatic heterocycles. The summed E-state index contributed by atoms with van der Waals surface area (Å²) in [6, 6.07) is 6.10. The summed E-state index contributed by atoms with van der Waals surface area (Å²) in [6.07, 6.45) is 1.59. The van der Waals surface area contributed by atoms with Crippen molar-refractivity contribution in [3.8, 4) is 0 Å². The number of nitrogens with zero attached hydrogens (tertiary/aromatic N) is 3. The van der Waals surface area contributed by atoms with E-state index in [4.69, 9.17) is 0 Å². The molecule has 0 amide bonds. The number of aliphatic hydroxyl groups is 1. The van der Waals surface area contributed by atoms with Crippen molar-refractivity contribution in [3.05, 3.63) is 47.7 Å². The summed E-state index contributed by atoms with van der Waals surface area (Å²) in [6.45, 7) is 1.64. The lowest BCUT2D eigenvalue weighted by atomic mass is 10.2. The van der Waals surface area contributed by atoms with E-state index in [1.807, 2.05) is 7.05 Å². The van der Waals surface area contributed by atoms with Gasteiger partial charge in [-0.2, -0.15) is 0 Å². The molecule has 4 nitrogen and oxygen atoms in total. The molecule has 0 fully saturated rings. The molecule has 2 aromatic rings. The zero-order valence-electron chi connectivity index (χ0n) is 10.3. The highest BCUT2D eigenvalue weighted by Crippen LogP contribution is 2.24. The van der Waals surface area contributed by atoms with Gasteiger partial charge in [0.15, 0.2) is 0 Å². The third-order valence-electron chi connectivity index (χ3n) is 2.66. The van der Waals surface area contributed by atoms with E-state index in [2.05, 4.69) is 9.97 Å². The normalized spacial score (nSPS) is 10.4. The second-order valence-corrected chi connectivity index (χ2v) is 3.96. The second kappa shape index (κ2) is 5.10. The molecule has 0 aliphatic heterocycles. The first-order valence-corrected chi connectivity index (χ1v) is 5.54. The van der Waals surface area contributed by atoms with Gasteiger partial charge in [0.05, 0.1) is 6.61 Å². The van der Waals surface area contributed by atoms with Crippen LogP contribution in [-0.4, -0.2) is 22.1 Å². The Hall–Kier alpha value is -2.01. The summed E-state index contributed by atoms with van der Waals surface area (Å²) in [5, 5.41) is 9.28. The van der Waals surface area contributed by atoms with Gasteiger partial charge in [0, 0.05) is 24.5 Å². The van der Waals surface area contributed by atoms with Gasteiger partial charge in [-0.3, -0.25) is 0 Å². The fraction of sp³-hybridized carbons (Fsp3) is 0.231. The van der Waals surface area contributed by atoms with Crippen molar-refractivity contribution in [2.45, 2.75) is 13.5 Å². The fourth-order valence-corrected chi connectivity index (χ4v) is 1.67. The largest absolute Gasteiger partial charge is 0.391 e. The molecule has 1 aromatic carbocycles. The number of halogens is 1. The maximum atomic E-state index is 12.9. The average molecular weight is 247 g/mol. The van der Waals surface area contributed by atoms with Crippen LogP contribution in [-0.2, 0) is 6.61 Å². The van der Waals surface area contributed by atoms with Gasteiger partial charge in [-0.1, -0.05) is 0 Å². The predicted molar refractivity (Wildman–Crippen MR) is 67.2 cm³/mol. The van der Waals surface area contributed by atoms with E-state index in [1.54, 1.807) is 30.2 Å².